The molecule has 0 aliphatic heterocycles. The quantitative estimate of drug-likeness (QED) is 0.187. The Labute approximate surface area is 215 Å². The van der Waals surface area contributed by atoms with E-state index >= 15 is 0 Å². The third kappa shape index (κ3) is 6.57. The monoisotopic (exact) mass is 527 g/mol. The molecule has 0 aliphatic carbocycles. The number of hydrogen-bond acceptors (Lipinski definition) is 6. The fraction of sp³-hybridized carbons (Fsp3) is 0.0800. The van der Waals surface area contributed by atoms with Gasteiger partial charge in [0, 0.05) is 10.0 Å². The molecular weight excluding hydrogens is 509 g/mol. The zero-order chi connectivity index (χ0) is 24.8. The Morgan fingerprint density at radius 1 is 1.09 bits per heavy atom. The number of hydrogen-bond donors (Lipinski definition) is 2. The topological polar surface area (TPSA) is 97.3 Å². The van der Waals surface area contributed by atoms with Crippen molar-refractivity contribution < 1.29 is 19.4 Å². The van der Waals surface area contributed by atoms with Crippen LogP contribution in [0.2, 0.25) is 10.0 Å². The normalized spacial score (nSPS) is 11.3. The first kappa shape index (κ1) is 24.7. The van der Waals surface area contributed by atoms with Crippen LogP contribution >= 0.6 is 35.0 Å². The van der Waals surface area contributed by atoms with Crippen LogP contribution in [0.15, 0.2) is 76.8 Å². The van der Waals surface area contributed by atoms with Gasteiger partial charge in [0.25, 0.3) is 0 Å². The maximum atomic E-state index is 11.9. The van der Waals surface area contributed by atoms with Crippen molar-refractivity contribution in [2.24, 2.45) is 0 Å². The molecule has 0 saturated carbocycles. The number of aromatic nitrogens is 3. The Balaban J connectivity index is 1.51. The van der Waals surface area contributed by atoms with E-state index in [-0.39, 0.29) is 10.1 Å². The number of carboxylic acids is 1. The first-order valence-electron chi connectivity index (χ1n) is 10.3. The molecule has 7 nitrogen and oxygen atoms in total. The van der Waals surface area contributed by atoms with Crippen LogP contribution in [0, 0.1) is 0 Å². The minimum Gasteiger partial charge on any atom is -0.496 e. The summed E-state index contributed by atoms with van der Waals surface area (Å²) >= 11 is 12.9. The predicted molar refractivity (Wildman–Crippen MR) is 137 cm³/mol. The van der Waals surface area contributed by atoms with E-state index in [0.717, 1.165) is 17.3 Å². The van der Waals surface area contributed by atoms with Crippen molar-refractivity contribution in [1.29, 1.82) is 0 Å². The molecule has 10 heteroatoms. The van der Waals surface area contributed by atoms with Gasteiger partial charge in [0.2, 0.25) is 5.16 Å². The van der Waals surface area contributed by atoms with Crippen molar-refractivity contribution in [3.8, 4) is 22.9 Å². The van der Waals surface area contributed by atoms with Gasteiger partial charge in [-0.15, -0.1) is 5.10 Å². The van der Waals surface area contributed by atoms with E-state index in [1.54, 1.807) is 54.6 Å². The number of thioether (sulfide) groups is 1. The fourth-order valence-electron chi connectivity index (χ4n) is 3.10. The number of H-pyrrole nitrogens is 1. The number of carbonyl (C=O) groups is 1. The molecule has 0 radical (unpaired) electrons. The maximum Gasteiger partial charge on any atom is 0.342 e. The van der Waals surface area contributed by atoms with Crippen molar-refractivity contribution in [2.75, 3.05) is 7.11 Å². The second-order valence-corrected chi connectivity index (χ2v) is 9.10. The number of nitrogens with zero attached hydrogens (tertiary/aromatic N) is 2. The summed E-state index contributed by atoms with van der Waals surface area (Å²) in [7, 11) is 1.54. The summed E-state index contributed by atoms with van der Waals surface area (Å²) in [5.41, 5.74) is 2.25. The van der Waals surface area contributed by atoms with E-state index in [9.17, 15) is 9.90 Å². The Morgan fingerprint density at radius 2 is 1.86 bits per heavy atom. The van der Waals surface area contributed by atoms with Crippen molar-refractivity contribution in [1.82, 2.24) is 15.2 Å². The molecule has 178 valence electrons. The number of aromatic amines is 1. The van der Waals surface area contributed by atoms with Gasteiger partial charge in [-0.05, 0) is 71.4 Å². The smallest absolute Gasteiger partial charge is 0.342 e. The molecule has 0 aliphatic rings. The minimum absolute atomic E-state index is 0.0449. The van der Waals surface area contributed by atoms with E-state index < -0.39 is 5.97 Å². The summed E-state index contributed by atoms with van der Waals surface area (Å²) < 4.78 is 11.2. The van der Waals surface area contributed by atoms with Crippen LogP contribution in [0.4, 0.5) is 0 Å². The number of ether oxygens (including phenoxy) is 2. The standard InChI is InChI=1S/C25H19Cl2N3O4S/c1-33-21-10-9-18(27)13-20(21)23-28-25(30-29-23)35-22(24(31)32)12-16-3-2-4-19(11-16)34-14-15-5-7-17(26)8-6-15/h2-13H,14H2,1H3,(H,31,32)(H,28,29,30)/b22-12-. The lowest BCUT2D eigenvalue weighted by atomic mass is 10.2. The number of aliphatic carboxylic acids is 1. The van der Waals surface area contributed by atoms with Gasteiger partial charge in [-0.2, -0.15) is 0 Å². The molecule has 0 bridgehead atoms. The lowest BCUT2D eigenvalue weighted by Crippen LogP contribution is -1.98. The van der Waals surface area contributed by atoms with Crippen LogP contribution < -0.4 is 9.47 Å². The van der Waals surface area contributed by atoms with Crippen LogP contribution in [0.5, 0.6) is 11.5 Å². The number of rotatable bonds is 9. The molecule has 0 amide bonds. The lowest BCUT2D eigenvalue weighted by molar-refractivity contribution is -0.131. The Morgan fingerprint density at radius 3 is 2.60 bits per heavy atom. The first-order chi connectivity index (χ1) is 16.9. The summed E-state index contributed by atoms with van der Waals surface area (Å²) in [4.78, 5) is 16.4. The molecule has 0 fully saturated rings. The molecule has 0 atom stereocenters. The van der Waals surface area contributed by atoms with Gasteiger partial charge >= 0.3 is 5.97 Å². The van der Waals surface area contributed by atoms with E-state index in [1.165, 1.54) is 13.2 Å². The average Bonchev–Trinajstić information content (AvgIpc) is 3.32. The van der Waals surface area contributed by atoms with Gasteiger partial charge in [0.05, 0.1) is 12.7 Å². The highest BCUT2D eigenvalue weighted by atomic mass is 35.5. The first-order valence-corrected chi connectivity index (χ1v) is 11.8. The van der Waals surface area contributed by atoms with E-state index in [4.69, 9.17) is 32.7 Å². The summed E-state index contributed by atoms with van der Waals surface area (Å²) in [6.07, 6.45) is 1.54. The van der Waals surface area contributed by atoms with Gasteiger partial charge in [-0.25, -0.2) is 9.78 Å². The average molecular weight is 528 g/mol. The lowest BCUT2D eigenvalue weighted by Gasteiger charge is -2.07. The zero-order valence-electron chi connectivity index (χ0n) is 18.4. The fourth-order valence-corrected chi connectivity index (χ4v) is 4.11. The summed E-state index contributed by atoms with van der Waals surface area (Å²) in [5, 5.41) is 18.1. The number of nitrogens with one attached hydrogen (secondary N) is 1. The number of methoxy groups -OCH3 is 1. The molecule has 1 heterocycles. The number of carboxylic acid groups (broad SMARTS) is 1. The molecule has 0 saturated heterocycles. The van der Waals surface area contributed by atoms with E-state index in [1.807, 2.05) is 12.1 Å². The molecule has 4 aromatic rings. The van der Waals surface area contributed by atoms with Gasteiger partial charge in [-0.1, -0.05) is 47.5 Å². The van der Waals surface area contributed by atoms with Crippen LogP contribution in [0.25, 0.3) is 17.5 Å². The highest BCUT2D eigenvalue weighted by Crippen LogP contribution is 2.33. The largest absolute Gasteiger partial charge is 0.496 e. The van der Waals surface area contributed by atoms with E-state index in [0.29, 0.717) is 45.1 Å². The van der Waals surface area contributed by atoms with Gasteiger partial charge in [0.1, 0.15) is 23.0 Å². The molecule has 0 unspecified atom stereocenters. The highest BCUT2D eigenvalue weighted by molar-refractivity contribution is 8.04. The number of halogens is 2. The van der Waals surface area contributed by atoms with Crippen molar-refractivity contribution in [2.45, 2.75) is 11.8 Å². The molecule has 0 spiro atoms. The van der Waals surface area contributed by atoms with Gasteiger partial charge in [0.15, 0.2) is 5.82 Å². The Kier molecular flexibility index (Phi) is 7.97. The zero-order valence-corrected chi connectivity index (χ0v) is 20.7. The second-order valence-electron chi connectivity index (χ2n) is 7.21. The van der Waals surface area contributed by atoms with Crippen LogP contribution in [0.1, 0.15) is 11.1 Å². The van der Waals surface area contributed by atoms with Gasteiger partial charge < -0.3 is 14.6 Å². The van der Waals surface area contributed by atoms with Crippen LogP contribution in [-0.4, -0.2) is 33.4 Å². The molecule has 1 aromatic heterocycles. The highest BCUT2D eigenvalue weighted by Gasteiger charge is 2.16. The van der Waals surface area contributed by atoms with Crippen molar-refractivity contribution >= 4 is 47.0 Å². The van der Waals surface area contributed by atoms with Gasteiger partial charge in [-0.3, -0.25) is 5.10 Å². The predicted octanol–water partition coefficient (Wildman–Crippen LogP) is 6.58. The van der Waals surface area contributed by atoms with Crippen molar-refractivity contribution in [3.63, 3.8) is 0 Å². The molecule has 4 rings (SSSR count). The maximum absolute atomic E-state index is 11.9. The Hall–Kier alpha value is -3.46. The minimum atomic E-state index is -1.10. The third-order valence-corrected chi connectivity index (χ3v) is 6.13. The van der Waals surface area contributed by atoms with Crippen molar-refractivity contribution in [3.05, 3.63) is 92.8 Å². The molecule has 2 N–H and O–H groups in total. The molecular formula is C25H19Cl2N3O4S. The SMILES string of the molecule is COc1ccc(Cl)cc1-c1nc(S/C(=C\c2cccc(OCc3ccc(Cl)cc3)c2)C(=O)O)n[nH]1. The van der Waals surface area contributed by atoms with Crippen LogP contribution in [0.3, 0.4) is 0 Å². The summed E-state index contributed by atoms with van der Waals surface area (Å²) in [5.74, 6) is 0.478. The number of benzene rings is 3. The molecule has 3 aromatic carbocycles. The Bertz CT molecular complexity index is 1370. The second kappa shape index (κ2) is 11.3. The summed E-state index contributed by atoms with van der Waals surface area (Å²) in [6.45, 7) is 0.359. The molecule has 35 heavy (non-hydrogen) atoms. The van der Waals surface area contributed by atoms with E-state index in [2.05, 4.69) is 15.2 Å². The summed E-state index contributed by atoms with van der Waals surface area (Å²) in [6, 6.07) is 19.6. The third-order valence-electron chi connectivity index (χ3n) is 4.77. The van der Waals surface area contributed by atoms with Crippen LogP contribution in [-0.2, 0) is 11.4 Å².